The lowest BCUT2D eigenvalue weighted by Gasteiger charge is -2.18. The van der Waals surface area contributed by atoms with Crippen molar-refractivity contribution in [3.63, 3.8) is 0 Å². The third kappa shape index (κ3) is 4.54. The van der Waals surface area contributed by atoms with Crippen LogP contribution in [0.2, 0.25) is 0 Å². The van der Waals surface area contributed by atoms with Gasteiger partial charge in [0, 0.05) is 11.8 Å². The highest BCUT2D eigenvalue weighted by Crippen LogP contribution is 2.23. The van der Waals surface area contributed by atoms with Crippen LogP contribution in [0.1, 0.15) is 43.4 Å². The van der Waals surface area contributed by atoms with Gasteiger partial charge in [0.1, 0.15) is 0 Å². The smallest absolute Gasteiger partial charge is 0.0198 e. The minimum Gasteiger partial charge on any atom is -0.313 e. The SMILES string of the molecule is CCCSCC(Cc1ccc2c(c1)CCC2)NCC. The summed E-state index contributed by atoms with van der Waals surface area (Å²) in [6, 6.07) is 7.79. The number of benzene rings is 1. The number of aryl methyl sites for hydroxylation is 2. The molecule has 1 unspecified atom stereocenters. The van der Waals surface area contributed by atoms with Crippen molar-refractivity contribution < 1.29 is 0 Å². The highest BCUT2D eigenvalue weighted by molar-refractivity contribution is 7.99. The van der Waals surface area contributed by atoms with Gasteiger partial charge in [0.25, 0.3) is 0 Å². The second-order valence-electron chi connectivity index (χ2n) is 5.49. The second kappa shape index (κ2) is 7.96. The van der Waals surface area contributed by atoms with E-state index < -0.39 is 0 Å². The van der Waals surface area contributed by atoms with E-state index in [-0.39, 0.29) is 0 Å². The van der Waals surface area contributed by atoms with Crippen molar-refractivity contribution in [3.8, 4) is 0 Å². The van der Waals surface area contributed by atoms with Crippen LogP contribution in [-0.2, 0) is 19.3 Å². The first-order valence-electron chi connectivity index (χ1n) is 7.75. The zero-order valence-corrected chi connectivity index (χ0v) is 13.2. The summed E-state index contributed by atoms with van der Waals surface area (Å²) >= 11 is 2.08. The van der Waals surface area contributed by atoms with Crippen LogP contribution in [0.15, 0.2) is 18.2 Å². The molecule has 0 radical (unpaired) electrons. The van der Waals surface area contributed by atoms with Crippen LogP contribution in [0.4, 0.5) is 0 Å². The minimum absolute atomic E-state index is 0.626. The van der Waals surface area contributed by atoms with Gasteiger partial charge in [0.15, 0.2) is 0 Å². The zero-order valence-electron chi connectivity index (χ0n) is 12.4. The van der Waals surface area contributed by atoms with Crippen molar-refractivity contribution in [2.75, 3.05) is 18.1 Å². The molecule has 1 aliphatic carbocycles. The summed E-state index contributed by atoms with van der Waals surface area (Å²) in [5, 5.41) is 3.64. The molecule has 106 valence electrons. The molecule has 1 aromatic carbocycles. The van der Waals surface area contributed by atoms with Gasteiger partial charge in [-0.3, -0.25) is 0 Å². The standard InChI is InChI=1S/C17H27NS/c1-3-10-19-13-17(18-4-2)12-14-8-9-15-6-5-7-16(15)11-14/h8-9,11,17-18H,3-7,10,12-13H2,1-2H3. The third-order valence-electron chi connectivity index (χ3n) is 3.81. The molecule has 19 heavy (non-hydrogen) atoms. The van der Waals surface area contributed by atoms with Gasteiger partial charge in [-0.25, -0.2) is 0 Å². The average Bonchev–Trinajstić information content (AvgIpc) is 2.86. The topological polar surface area (TPSA) is 12.0 Å². The normalized spacial score (nSPS) is 15.5. The summed E-state index contributed by atoms with van der Waals surface area (Å²) in [6.45, 7) is 5.54. The molecule has 0 bridgehead atoms. The lowest BCUT2D eigenvalue weighted by molar-refractivity contribution is 0.572. The molecular weight excluding hydrogens is 250 g/mol. The fraction of sp³-hybridized carbons (Fsp3) is 0.647. The maximum absolute atomic E-state index is 3.64. The molecular formula is C17H27NS. The number of nitrogens with one attached hydrogen (secondary N) is 1. The highest BCUT2D eigenvalue weighted by Gasteiger charge is 2.13. The van der Waals surface area contributed by atoms with E-state index in [2.05, 4.69) is 49.1 Å². The van der Waals surface area contributed by atoms with Crippen LogP contribution in [0, 0.1) is 0 Å². The van der Waals surface area contributed by atoms with E-state index in [4.69, 9.17) is 0 Å². The van der Waals surface area contributed by atoms with Crippen LogP contribution in [-0.4, -0.2) is 24.1 Å². The number of thioether (sulfide) groups is 1. The van der Waals surface area contributed by atoms with Crippen LogP contribution in [0.3, 0.4) is 0 Å². The van der Waals surface area contributed by atoms with Crippen LogP contribution in [0.5, 0.6) is 0 Å². The maximum atomic E-state index is 3.64. The molecule has 0 aromatic heterocycles. The van der Waals surface area contributed by atoms with E-state index in [1.807, 2.05) is 0 Å². The third-order valence-corrected chi connectivity index (χ3v) is 5.14. The van der Waals surface area contributed by atoms with Gasteiger partial charge >= 0.3 is 0 Å². The summed E-state index contributed by atoms with van der Waals surface area (Å²) in [5.74, 6) is 2.52. The maximum Gasteiger partial charge on any atom is 0.0198 e. The number of hydrogen-bond donors (Lipinski definition) is 1. The monoisotopic (exact) mass is 277 g/mol. The summed E-state index contributed by atoms with van der Waals surface area (Å²) in [4.78, 5) is 0. The Kier molecular flexibility index (Phi) is 6.25. The highest BCUT2D eigenvalue weighted by atomic mass is 32.2. The second-order valence-corrected chi connectivity index (χ2v) is 6.64. The summed E-state index contributed by atoms with van der Waals surface area (Å²) in [5.41, 5.74) is 4.71. The molecule has 1 aromatic rings. The molecule has 0 saturated carbocycles. The first-order valence-corrected chi connectivity index (χ1v) is 8.90. The van der Waals surface area contributed by atoms with Gasteiger partial charge < -0.3 is 5.32 Å². The molecule has 1 atom stereocenters. The molecule has 1 N–H and O–H groups in total. The van der Waals surface area contributed by atoms with E-state index in [1.54, 1.807) is 11.1 Å². The molecule has 0 saturated heterocycles. The molecule has 0 amide bonds. The Morgan fingerprint density at radius 3 is 2.84 bits per heavy atom. The van der Waals surface area contributed by atoms with E-state index in [0.717, 1.165) is 6.54 Å². The van der Waals surface area contributed by atoms with E-state index in [0.29, 0.717) is 6.04 Å². The van der Waals surface area contributed by atoms with Gasteiger partial charge in [-0.15, -0.1) is 0 Å². The molecule has 1 nitrogen and oxygen atoms in total. The summed E-state index contributed by atoms with van der Waals surface area (Å²) in [7, 11) is 0. The molecule has 1 aliphatic rings. The Balaban J connectivity index is 1.92. The lowest BCUT2D eigenvalue weighted by Crippen LogP contribution is -2.33. The first kappa shape index (κ1) is 14.9. The van der Waals surface area contributed by atoms with Gasteiger partial charge in [-0.1, -0.05) is 32.0 Å². The van der Waals surface area contributed by atoms with Crippen molar-refractivity contribution in [1.29, 1.82) is 0 Å². The average molecular weight is 277 g/mol. The number of likely N-dealkylation sites (N-methyl/N-ethyl adjacent to an activating group) is 1. The van der Waals surface area contributed by atoms with Crippen molar-refractivity contribution in [3.05, 3.63) is 34.9 Å². The Hall–Kier alpha value is -0.470. The molecule has 0 heterocycles. The van der Waals surface area contributed by atoms with Gasteiger partial charge in [-0.2, -0.15) is 11.8 Å². The van der Waals surface area contributed by atoms with E-state index in [9.17, 15) is 0 Å². The fourth-order valence-corrected chi connectivity index (χ4v) is 3.86. The molecule has 0 spiro atoms. The van der Waals surface area contributed by atoms with Crippen molar-refractivity contribution in [1.82, 2.24) is 5.32 Å². The van der Waals surface area contributed by atoms with Gasteiger partial charge in [0.05, 0.1) is 0 Å². The molecule has 0 aliphatic heterocycles. The minimum atomic E-state index is 0.626. The fourth-order valence-electron chi connectivity index (χ4n) is 2.89. The predicted molar refractivity (Wildman–Crippen MR) is 87.3 cm³/mol. The predicted octanol–water partition coefficient (Wildman–Crippen LogP) is 3.84. The quantitative estimate of drug-likeness (QED) is 0.725. The van der Waals surface area contributed by atoms with Gasteiger partial charge in [-0.05, 0) is 61.1 Å². The molecule has 0 fully saturated rings. The van der Waals surface area contributed by atoms with Crippen molar-refractivity contribution >= 4 is 11.8 Å². The lowest BCUT2D eigenvalue weighted by atomic mass is 10.0. The number of hydrogen-bond acceptors (Lipinski definition) is 2. The van der Waals surface area contributed by atoms with Crippen LogP contribution in [0.25, 0.3) is 0 Å². The van der Waals surface area contributed by atoms with Crippen molar-refractivity contribution in [2.24, 2.45) is 0 Å². The van der Waals surface area contributed by atoms with Gasteiger partial charge in [0.2, 0.25) is 0 Å². The molecule has 2 heteroatoms. The Bertz CT molecular complexity index is 389. The van der Waals surface area contributed by atoms with Crippen LogP contribution < -0.4 is 5.32 Å². The Morgan fingerprint density at radius 2 is 2.05 bits per heavy atom. The molecule has 2 rings (SSSR count). The first-order chi connectivity index (χ1) is 9.33. The number of fused-ring (bicyclic) bond motifs is 1. The van der Waals surface area contributed by atoms with Crippen molar-refractivity contribution in [2.45, 2.75) is 52.0 Å². The van der Waals surface area contributed by atoms with Crippen LogP contribution >= 0.6 is 11.8 Å². The van der Waals surface area contributed by atoms with E-state index >= 15 is 0 Å². The van der Waals surface area contributed by atoms with E-state index in [1.165, 1.54) is 49.2 Å². The Labute approximate surface area is 122 Å². The summed E-state index contributed by atoms with van der Waals surface area (Å²) in [6.07, 6.45) is 6.39. The zero-order chi connectivity index (χ0) is 13.5. The summed E-state index contributed by atoms with van der Waals surface area (Å²) < 4.78 is 0. The Morgan fingerprint density at radius 1 is 1.21 bits per heavy atom. The largest absolute Gasteiger partial charge is 0.313 e. The number of rotatable bonds is 8.